The molecule has 0 aliphatic carbocycles. The molecular weight excluding hydrogens is 338 g/mol. The topological polar surface area (TPSA) is 62.2 Å². The lowest BCUT2D eigenvalue weighted by Crippen LogP contribution is -2.01. The zero-order valence-corrected chi connectivity index (χ0v) is 11.7. The summed E-state index contributed by atoms with van der Waals surface area (Å²) in [4.78, 5) is 14.8. The van der Waals surface area contributed by atoms with Crippen molar-refractivity contribution in [2.75, 3.05) is 5.32 Å². The van der Waals surface area contributed by atoms with Crippen molar-refractivity contribution in [2.45, 2.75) is 0 Å². The van der Waals surface area contributed by atoms with Gasteiger partial charge in [-0.25, -0.2) is 14.2 Å². The Labute approximate surface area is 121 Å². The highest BCUT2D eigenvalue weighted by atomic mass is 79.9. The first kappa shape index (κ1) is 13.8. The molecule has 0 aliphatic rings. The second kappa shape index (κ2) is 5.54. The van der Waals surface area contributed by atoms with Gasteiger partial charge in [-0.15, -0.1) is 0 Å². The van der Waals surface area contributed by atoms with Crippen LogP contribution in [0.15, 0.2) is 34.8 Å². The minimum atomic E-state index is -1.12. The van der Waals surface area contributed by atoms with Gasteiger partial charge in [0, 0.05) is 5.69 Å². The smallest absolute Gasteiger partial charge is 0.335 e. The van der Waals surface area contributed by atoms with Gasteiger partial charge in [0.15, 0.2) is 0 Å². The molecule has 0 spiro atoms. The summed E-state index contributed by atoms with van der Waals surface area (Å²) < 4.78 is 13.7. The van der Waals surface area contributed by atoms with E-state index in [0.717, 1.165) is 0 Å². The van der Waals surface area contributed by atoms with Crippen LogP contribution in [0.4, 0.5) is 15.9 Å². The Morgan fingerprint density at radius 3 is 2.74 bits per heavy atom. The molecule has 0 radical (unpaired) electrons. The van der Waals surface area contributed by atoms with Gasteiger partial charge in [0.1, 0.15) is 16.8 Å². The number of halogens is 3. The highest BCUT2D eigenvalue weighted by molar-refractivity contribution is 9.10. The van der Waals surface area contributed by atoms with Crippen LogP contribution in [0.1, 0.15) is 10.4 Å². The summed E-state index contributed by atoms with van der Waals surface area (Å²) in [6.07, 6.45) is 0. The summed E-state index contributed by atoms with van der Waals surface area (Å²) in [6, 6.07) is 6.95. The maximum absolute atomic E-state index is 13.3. The minimum Gasteiger partial charge on any atom is -0.478 e. The lowest BCUT2D eigenvalue weighted by Gasteiger charge is -2.07. The second-order valence-corrected chi connectivity index (χ2v) is 4.86. The number of hydrogen-bond acceptors (Lipinski definition) is 3. The molecule has 0 bridgehead atoms. The van der Waals surface area contributed by atoms with E-state index in [1.54, 1.807) is 6.07 Å². The molecule has 98 valence electrons. The van der Waals surface area contributed by atoms with E-state index in [-0.39, 0.29) is 16.5 Å². The van der Waals surface area contributed by atoms with Crippen LogP contribution in [-0.2, 0) is 0 Å². The van der Waals surface area contributed by atoms with Crippen LogP contribution in [0.25, 0.3) is 0 Å². The number of hydrogen-bond donors (Lipinski definition) is 2. The van der Waals surface area contributed by atoms with Crippen LogP contribution >= 0.6 is 27.5 Å². The Bertz CT molecular complexity index is 652. The summed E-state index contributed by atoms with van der Waals surface area (Å²) in [6.45, 7) is 0. The summed E-state index contributed by atoms with van der Waals surface area (Å²) >= 11 is 8.76. The van der Waals surface area contributed by atoms with E-state index in [4.69, 9.17) is 16.7 Å². The normalized spacial score (nSPS) is 10.3. The number of carbonyl (C=O) groups is 1. The Morgan fingerprint density at radius 2 is 2.11 bits per heavy atom. The first-order valence-electron chi connectivity index (χ1n) is 5.08. The summed E-state index contributed by atoms with van der Waals surface area (Å²) in [5, 5.41) is 11.7. The fraction of sp³-hybridized carbons (Fsp3) is 0. The van der Waals surface area contributed by atoms with Gasteiger partial charge in [0.2, 0.25) is 0 Å². The van der Waals surface area contributed by atoms with Crippen molar-refractivity contribution in [3.63, 3.8) is 0 Å². The molecule has 0 saturated carbocycles. The molecule has 19 heavy (non-hydrogen) atoms. The van der Waals surface area contributed by atoms with Crippen LogP contribution in [0.3, 0.4) is 0 Å². The monoisotopic (exact) mass is 344 g/mol. The predicted molar refractivity (Wildman–Crippen MR) is 73.6 cm³/mol. The molecule has 2 N–H and O–H groups in total. The molecule has 0 aliphatic heterocycles. The number of pyridine rings is 1. The fourth-order valence-corrected chi connectivity index (χ4v) is 1.86. The number of aromatic carboxylic acids is 1. The van der Waals surface area contributed by atoms with Crippen LogP contribution in [-0.4, -0.2) is 16.1 Å². The minimum absolute atomic E-state index is 0.0000774. The van der Waals surface area contributed by atoms with Gasteiger partial charge in [-0.1, -0.05) is 11.6 Å². The first-order chi connectivity index (χ1) is 8.95. The average Bonchev–Trinajstić information content (AvgIpc) is 2.33. The maximum Gasteiger partial charge on any atom is 0.335 e. The van der Waals surface area contributed by atoms with Gasteiger partial charge in [-0.2, -0.15) is 0 Å². The van der Waals surface area contributed by atoms with E-state index in [0.29, 0.717) is 10.2 Å². The van der Waals surface area contributed by atoms with E-state index in [2.05, 4.69) is 26.2 Å². The van der Waals surface area contributed by atoms with E-state index in [1.807, 2.05) is 0 Å². The number of carboxylic acids is 1. The molecule has 0 fully saturated rings. The molecule has 1 aromatic carbocycles. The third-order valence-corrected chi connectivity index (χ3v) is 3.07. The third kappa shape index (κ3) is 3.42. The van der Waals surface area contributed by atoms with E-state index >= 15 is 0 Å². The highest BCUT2D eigenvalue weighted by Gasteiger charge is 2.08. The van der Waals surface area contributed by atoms with Gasteiger partial charge in [0.05, 0.1) is 10.0 Å². The largest absolute Gasteiger partial charge is 0.478 e. The molecule has 7 heteroatoms. The lowest BCUT2D eigenvalue weighted by molar-refractivity contribution is 0.0697. The van der Waals surface area contributed by atoms with Crippen LogP contribution in [0.2, 0.25) is 5.15 Å². The zero-order chi connectivity index (χ0) is 14.0. The number of nitrogens with zero attached hydrogens (tertiary/aromatic N) is 1. The van der Waals surface area contributed by atoms with Crippen molar-refractivity contribution in [1.29, 1.82) is 0 Å². The fourth-order valence-electron chi connectivity index (χ4n) is 1.41. The SMILES string of the molecule is O=C(O)c1cc(Cl)nc(Nc2ccc(Br)c(F)c2)c1. The Morgan fingerprint density at radius 1 is 1.37 bits per heavy atom. The van der Waals surface area contributed by atoms with E-state index in [9.17, 15) is 9.18 Å². The van der Waals surface area contributed by atoms with Crippen molar-refractivity contribution >= 4 is 45.0 Å². The highest BCUT2D eigenvalue weighted by Crippen LogP contribution is 2.23. The van der Waals surface area contributed by atoms with Gasteiger partial charge in [-0.05, 0) is 46.3 Å². The van der Waals surface area contributed by atoms with Gasteiger partial charge >= 0.3 is 5.97 Å². The number of rotatable bonds is 3. The molecule has 4 nitrogen and oxygen atoms in total. The molecule has 1 heterocycles. The van der Waals surface area contributed by atoms with Crippen LogP contribution in [0.5, 0.6) is 0 Å². The Hall–Kier alpha value is -1.66. The molecule has 2 rings (SSSR count). The van der Waals surface area contributed by atoms with Gasteiger partial charge in [-0.3, -0.25) is 0 Å². The number of carboxylic acid groups (broad SMARTS) is 1. The first-order valence-corrected chi connectivity index (χ1v) is 6.26. The number of aromatic nitrogens is 1. The summed E-state index contributed by atoms with van der Waals surface area (Å²) in [7, 11) is 0. The summed E-state index contributed by atoms with van der Waals surface area (Å²) in [5.74, 6) is -1.33. The van der Waals surface area contributed by atoms with Crippen molar-refractivity contribution < 1.29 is 14.3 Å². The molecule has 0 atom stereocenters. The van der Waals surface area contributed by atoms with Crippen LogP contribution in [0, 0.1) is 5.82 Å². The lowest BCUT2D eigenvalue weighted by atomic mass is 10.2. The van der Waals surface area contributed by atoms with Gasteiger partial charge < -0.3 is 10.4 Å². The number of benzene rings is 1. The number of nitrogens with one attached hydrogen (secondary N) is 1. The van der Waals surface area contributed by atoms with Crippen molar-refractivity contribution in [3.05, 3.63) is 51.3 Å². The standard InChI is InChI=1S/C12H7BrClFN2O2/c13-8-2-1-7(5-9(8)15)16-11-4-6(12(18)19)3-10(14)17-11/h1-5H,(H,16,17)(H,18,19). The predicted octanol–water partition coefficient (Wildman–Crippen LogP) is 4.08. The van der Waals surface area contributed by atoms with E-state index < -0.39 is 11.8 Å². The van der Waals surface area contributed by atoms with Crippen molar-refractivity contribution in [2.24, 2.45) is 0 Å². The molecular formula is C12H7BrClFN2O2. The maximum atomic E-state index is 13.3. The summed E-state index contributed by atoms with van der Waals surface area (Å²) in [5.41, 5.74) is 0.437. The third-order valence-electron chi connectivity index (χ3n) is 2.23. The Kier molecular flexibility index (Phi) is 4.01. The van der Waals surface area contributed by atoms with Crippen molar-refractivity contribution in [1.82, 2.24) is 4.98 Å². The van der Waals surface area contributed by atoms with E-state index in [1.165, 1.54) is 24.3 Å². The quantitative estimate of drug-likeness (QED) is 0.823. The molecule has 2 aromatic rings. The number of anilines is 2. The zero-order valence-electron chi connectivity index (χ0n) is 9.32. The second-order valence-electron chi connectivity index (χ2n) is 3.62. The molecule has 0 amide bonds. The molecule has 0 saturated heterocycles. The van der Waals surface area contributed by atoms with Crippen LogP contribution < -0.4 is 5.32 Å². The average molecular weight is 346 g/mol. The molecule has 0 unspecified atom stereocenters. The Balaban J connectivity index is 2.32. The molecule has 1 aromatic heterocycles. The van der Waals surface area contributed by atoms with Crippen molar-refractivity contribution in [3.8, 4) is 0 Å². The van der Waals surface area contributed by atoms with Gasteiger partial charge in [0.25, 0.3) is 0 Å².